The molecule has 2 rings (SSSR count). The first-order valence-corrected chi connectivity index (χ1v) is 11.6. The molecule has 1 aromatic rings. The first-order chi connectivity index (χ1) is 11.2. The molecular formula is C16H28N2O5Si. The van der Waals surface area contributed by atoms with E-state index in [1.54, 1.807) is 6.92 Å². The summed E-state index contributed by atoms with van der Waals surface area (Å²) in [6, 6.07) is 1.08. The highest BCUT2D eigenvalue weighted by Crippen LogP contribution is 2.29. The molecule has 1 saturated heterocycles. The van der Waals surface area contributed by atoms with E-state index in [1.165, 1.54) is 10.8 Å². The molecule has 0 bridgehead atoms. The van der Waals surface area contributed by atoms with Crippen molar-refractivity contribution in [1.29, 1.82) is 0 Å². The van der Waals surface area contributed by atoms with Crippen molar-refractivity contribution in [3.63, 3.8) is 0 Å². The van der Waals surface area contributed by atoms with Crippen LogP contribution in [0.3, 0.4) is 0 Å². The maximum absolute atomic E-state index is 11.9. The van der Waals surface area contributed by atoms with Crippen molar-refractivity contribution in [2.75, 3.05) is 6.61 Å². The van der Waals surface area contributed by atoms with Gasteiger partial charge in [-0.1, -0.05) is 19.8 Å². The Morgan fingerprint density at radius 2 is 2.17 bits per heavy atom. The number of nitrogens with zero attached hydrogens (tertiary/aromatic N) is 1. The zero-order valence-corrected chi connectivity index (χ0v) is 15.9. The van der Waals surface area contributed by atoms with Crippen molar-refractivity contribution in [2.24, 2.45) is 0 Å². The highest BCUT2D eigenvalue weighted by atomic mass is 28.4. The molecule has 2 heterocycles. The maximum atomic E-state index is 11.9. The molecular weight excluding hydrogens is 328 g/mol. The molecule has 1 aliphatic rings. The zero-order chi connectivity index (χ0) is 17.9. The quantitative estimate of drug-likeness (QED) is 0.723. The summed E-state index contributed by atoms with van der Waals surface area (Å²) in [5, 5.41) is 10.2. The summed E-state index contributed by atoms with van der Waals surface area (Å²) in [5.74, 6) is 0. The van der Waals surface area contributed by atoms with Gasteiger partial charge in [0.2, 0.25) is 0 Å². The van der Waals surface area contributed by atoms with Gasteiger partial charge in [0.25, 0.3) is 5.56 Å². The lowest BCUT2D eigenvalue weighted by molar-refractivity contribution is -0.0426. The number of unbranched alkanes of at least 4 members (excludes halogenated alkanes) is 1. The molecule has 136 valence electrons. The lowest BCUT2D eigenvalue weighted by Crippen LogP contribution is -2.37. The van der Waals surface area contributed by atoms with Crippen LogP contribution in [0.15, 0.2) is 15.8 Å². The van der Waals surface area contributed by atoms with Crippen LogP contribution in [0.2, 0.25) is 19.1 Å². The smallest absolute Gasteiger partial charge is 0.330 e. The van der Waals surface area contributed by atoms with Gasteiger partial charge in [-0.2, -0.15) is 0 Å². The molecule has 0 aliphatic carbocycles. The summed E-state index contributed by atoms with van der Waals surface area (Å²) in [7, 11) is -1.76. The summed E-state index contributed by atoms with van der Waals surface area (Å²) in [6.45, 7) is 8.44. The lowest BCUT2D eigenvalue weighted by Gasteiger charge is -2.25. The summed E-state index contributed by atoms with van der Waals surface area (Å²) < 4.78 is 13.2. The molecule has 7 nitrogen and oxygen atoms in total. The van der Waals surface area contributed by atoms with E-state index < -0.39 is 38.0 Å². The van der Waals surface area contributed by atoms with Crippen LogP contribution in [-0.2, 0) is 9.16 Å². The Hall–Kier alpha value is -1.22. The molecule has 0 saturated carbocycles. The number of rotatable bonds is 7. The standard InChI is InChI=1S/C16H28N2O5Si/c1-5-6-7-24(3,4)22-10-13-12(19)8-14(23-13)18-9-11(2)15(20)17-16(18)21/h9,12-14,19H,5-8,10H2,1-4H3,(H,17,20,21)/t12?,13-,14-/m1/s1. The second-order valence-electron chi connectivity index (χ2n) is 7.09. The van der Waals surface area contributed by atoms with Crippen molar-refractivity contribution in [3.8, 4) is 0 Å². The van der Waals surface area contributed by atoms with Crippen LogP contribution >= 0.6 is 0 Å². The highest BCUT2D eigenvalue weighted by Gasteiger charge is 2.37. The van der Waals surface area contributed by atoms with Crippen LogP contribution in [0.4, 0.5) is 0 Å². The predicted molar refractivity (Wildman–Crippen MR) is 93.7 cm³/mol. The van der Waals surface area contributed by atoms with Gasteiger partial charge in [0.1, 0.15) is 12.3 Å². The molecule has 0 spiro atoms. The minimum Gasteiger partial charge on any atom is -0.415 e. The van der Waals surface area contributed by atoms with Crippen molar-refractivity contribution in [1.82, 2.24) is 9.55 Å². The lowest BCUT2D eigenvalue weighted by atomic mass is 10.2. The number of hydrogen-bond donors (Lipinski definition) is 2. The number of nitrogens with one attached hydrogen (secondary N) is 1. The summed E-state index contributed by atoms with van der Waals surface area (Å²) >= 11 is 0. The summed E-state index contributed by atoms with van der Waals surface area (Å²) in [4.78, 5) is 25.7. The van der Waals surface area contributed by atoms with Gasteiger partial charge in [-0.25, -0.2) is 4.79 Å². The van der Waals surface area contributed by atoms with Crippen LogP contribution in [0, 0.1) is 6.92 Å². The van der Waals surface area contributed by atoms with E-state index in [4.69, 9.17) is 9.16 Å². The SMILES string of the molecule is CCCC[Si](C)(C)OC[C@H]1O[C@@H](n2cc(C)c(=O)[nH]c2=O)CC1O. The molecule has 0 radical (unpaired) electrons. The van der Waals surface area contributed by atoms with E-state index in [1.807, 2.05) is 0 Å². The minimum atomic E-state index is -1.76. The van der Waals surface area contributed by atoms with E-state index in [0.717, 1.165) is 18.9 Å². The molecule has 1 aliphatic heterocycles. The molecule has 2 N–H and O–H groups in total. The first kappa shape index (κ1) is 19.1. The number of ether oxygens (including phenoxy) is 1. The Morgan fingerprint density at radius 3 is 2.83 bits per heavy atom. The molecule has 3 atom stereocenters. The van der Waals surface area contributed by atoms with Gasteiger partial charge in [-0.3, -0.25) is 14.3 Å². The average Bonchev–Trinajstić information content (AvgIpc) is 2.88. The predicted octanol–water partition coefficient (Wildman–Crippen LogP) is 1.52. The van der Waals surface area contributed by atoms with Gasteiger partial charge in [-0.05, 0) is 26.1 Å². The van der Waals surface area contributed by atoms with Gasteiger partial charge < -0.3 is 14.3 Å². The molecule has 0 amide bonds. The third kappa shape index (κ3) is 4.66. The number of hydrogen-bond acceptors (Lipinski definition) is 5. The van der Waals surface area contributed by atoms with Gasteiger partial charge in [-0.15, -0.1) is 0 Å². The van der Waals surface area contributed by atoms with Gasteiger partial charge in [0.05, 0.1) is 12.7 Å². The molecule has 1 aromatic heterocycles. The van der Waals surface area contributed by atoms with Crippen LogP contribution in [-0.4, -0.2) is 41.8 Å². The second-order valence-corrected chi connectivity index (χ2v) is 11.4. The maximum Gasteiger partial charge on any atom is 0.330 e. The Labute approximate surface area is 142 Å². The fourth-order valence-electron chi connectivity index (χ4n) is 2.82. The topological polar surface area (TPSA) is 93.5 Å². The molecule has 1 unspecified atom stereocenters. The van der Waals surface area contributed by atoms with E-state index in [9.17, 15) is 14.7 Å². The normalized spacial score (nSPS) is 24.5. The largest absolute Gasteiger partial charge is 0.415 e. The van der Waals surface area contributed by atoms with Crippen molar-refractivity contribution < 1.29 is 14.3 Å². The molecule has 24 heavy (non-hydrogen) atoms. The average molecular weight is 356 g/mol. The van der Waals surface area contributed by atoms with Crippen LogP contribution in [0.1, 0.15) is 38.0 Å². The Balaban J connectivity index is 2.01. The number of aliphatic hydroxyl groups excluding tert-OH is 1. The number of aryl methyl sites for hydroxylation is 1. The summed E-state index contributed by atoms with van der Waals surface area (Å²) in [5.41, 5.74) is -0.499. The van der Waals surface area contributed by atoms with E-state index >= 15 is 0 Å². The van der Waals surface area contributed by atoms with Crippen molar-refractivity contribution in [2.45, 2.75) is 70.7 Å². The van der Waals surface area contributed by atoms with Gasteiger partial charge in [0, 0.05) is 18.2 Å². The Kier molecular flexibility index (Phi) is 6.19. The third-order valence-corrected chi connectivity index (χ3v) is 6.94. The Morgan fingerprint density at radius 1 is 1.46 bits per heavy atom. The first-order valence-electron chi connectivity index (χ1n) is 8.53. The summed E-state index contributed by atoms with van der Waals surface area (Å²) in [6.07, 6.45) is 2.32. The number of H-pyrrole nitrogens is 1. The van der Waals surface area contributed by atoms with Crippen LogP contribution in [0.5, 0.6) is 0 Å². The highest BCUT2D eigenvalue weighted by molar-refractivity contribution is 6.71. The van der Waals surface area contributed by atoms with Crippen LogP contribution < -0.4 is 11.2 Å². The fraction of sp³-hybridized carbons (Fsp3) is 0.750. The van der Waals surface area contributed by atoms with E-state index in [-0.39, 0.29) is 0 Å². The minimum absolute atomic E-state index is 0.302. The number of aliphatic hydroxyl groups is 1. The van der Waals surface area contributed by atoms with Crippen molar-refractivity contribution in [3.05, 3.63) is 32.6 Å². The van der Waals surface area contributed by atoms with E-state index in [0.29, 0.717) is 18.6 Å². The Bertz CT molecular complexity index is 669. The zero-order valence-electron chi connectivity index (χ0n) is 14.9. The van der Waals surface area contributed by atoms with E-state index in [2.05, 4.69) is 25.0 Å². The number of aromatic nitrogens is 2. The molecule has 8 heteroatoms. The molecule has 1 fully saturated rings. The van der Waals surface area contributed by atoms with Crippen molar-refractivity contribution >= 4 is 8.32 Å². The number of aromatic amines is 1. The van der Waals surface area contributed by atoms with Gasteiger partial charge in [0.15, 0.2) is 8.32 Å². The second kappa shape index (κ2) is 7.77. The third-order valence-electron chi connectivity index (χ3n) is 4.43. The van der Waals surface area contributed by atoms with Crippen LogP contribution in [0.25, 0.3) is 0 Å². The monoisotopic (exact) mass is 356 g/mol. The van der Waals surface area contributed by atoms with Gasteiger partial charge >= 0.3 is 5.69 Å². The molecule has 0 aromatic carbocycles. The fourth-order valence-corrected chi connectivity index (χ4v) is 4.78.